The molecule has 41 heavy (non-hydrogen) atoms. The zero-order chi connectivity index (χ0) is 29.3. The van der Waals surface area contributed by atoms with E-state index in [-0.39, 0.29) is 36.3 Å². The van der Waals surface area contributed by atoms with Gasteiger partial charge < -0.3 is 15.3 Å². The van der Waals surface area contributed by atoms with Crippen LogP contribution in [0.1, 0.15) is 55.5 Å². The lowest BCUT2D eigenvalue weighted by atomic mass is 9.92. The van der Waals surface area contributed by atoms with Gasteiger partial charge in [0.25, 0.3) is 0 Å². The molecule has 3 aromatic rings. The third-order valence-corrected chi connectivity index (χ3v) is 7.71. The molecular weight excluding hydrogens is 530 g/mol. The molecule has 0 spiro atoms. The first kappa shape index (κ1) is 27.9. The first-order valence-electron chi connectivity index (χ1n) is 13.5. The van der Waals surface area contributed by atoms with Gasteiger partial charge in [0.2, 0.25) is 11.8 Å². The minimum atomic E-state index is -1.22. The number of rotatable bonds is 3. The predicted octanol–water partition coefficient (Wildman–Crippen LogP) is 6.54. The lowest BCUT2D eigenvalue weighted by molar-refractivity contribution is -0.129. The van der Waals surface area contributed by atoms with Crippen LogP contribution < -0.4 is 10.6 Å². The van der Waals surface area contributed by atoms with Crippen LogP contribution in [0, 0.1) is 24.5 Å². The van der Waals surface area contributed by atoms with Crippen molar-refractivity contribution in [3.8, 4) is 11.1 Å². The zero-order valence-electron chi connectivity index (χ0n) is 22.7. The Hall–Kier alpha value is -4.60. The number of nitrogens with one attached hydrogen (secondary N) is 2. The van der Waals surface area contributed by atoms with Gasteiger partial charge in [-0.25, -0.2) is 13.6 Å². The Kier molecular flexibility index (Phi) is 7.83. The number of nitrogens with zero attached hydrogens (tertiary/aromatic N) is 2. The van der Waals surface area contributed by atoms with Gasteiger partial charge in [0.1, 0.15) is 11.6 Å². The molecule has 2 aromatic carbocycles. The van der Waals surface area contributed by atoms with Crippen molar-refractivity contribution in [2.75, 3.05) is 17.2 Å². The number of pyridine rings is 1. The van der Waals surface area contributed by atoms with Gasteiger partial charge >= 0.3 is 6.09 Å². The molecule has 2 atom stereocenters. The Balaban J connectivity index is 1.53. The van der Waals surface area contributed by atoms with Gasteiger partial charge in [0, 0.05) is 41.5 Å². The summed E-state index contributed by atoms with van der Waals surface area (Å²) in [4.78, 5) is 44.0. The lowest BCUT2D eigenvalue weighted by Gasteiger charge is -2.34. The standard InChI is InChI=1S/C31H30F2N4O4/c1-17-6-9-23(32)28(29(17)33)20-11-13-37(27(38)15-20)26-5-3-4-18(2)30(39)36-24-16-21(35-31(40)41)7-8-22(24)19-10-12-34-25(26)14-19/h6-10,12,14-16,18,26,35H,3-5,11,13H2,1-2H3,(H,36,39)(H,40,41)/t18-,26+/m1/s1. The summed E-state index contributed by atoms with van der Waals surface area (Å²) in [6, 6.07) is 10.7. The normalized spacial score (nSPS) is 19.3. The van der Waals surface area contributed by atoms with Gasteiger partial charge in [0.05, 0.1) is 17.4 Å². The van der Waals surface area contributed by atoms with E-state index in [1.807, 2.05) is 13.0 Å². The highest BCUT2D eigenvalue weighted by Gasteiger charge is 2.31. The second-order valence-electron chi connectivity index (χ2n) is 10.5. The minimum Gasteiger partial charge on any atom is -0.465 e. The first-order chi connectivity index (χ1) is 19.6. The second kappa shape index (κ2) is 11.5. The SMILES string of the molecule is Cc1ccc(F)c(C2=CC(=O)N([C@H]3CCC[C@@H](C)C(=O)Nc4cc(NC(=O)O)ccc4-c4ccnc3c4)CC2)c1F. The number of benzene rings is 2. The summed E-state index contributed by atoms with van der Waals surface area (Å²) in [5, 5.41) is 14.4. The van der Waals surface area contributed by atoms with Crippen molar-refractivity contribution in [1.29, 1.82) is 0 Å². The molecule has 0 fully saturated rings. The summed E-state index contributed by atoms with van der Waals surface area (Å²) in [7, 11) is 0. The number of hydrogen-bond acceptors (Lipinski definition) is 4. The summed E-state index contributed by atoms with van der Waals surface area (Å²) in [5.74, 6) is -2.26. The van der Waals surface area contributed by atoms with E-state index in [0.29, 0.717) is 53.0 Å². The van der Waals surface area contributed by atoms with Crippen LogP contribution in [0.25, 0.3) is 16.7 Å². The number of carboxylic acid groups (broad SMARTS) is 1. The highest BCUT2D eigenvalue weighted by molar-refractivity contribution is 5.99. The van der Waals surface area contributed by atoms with Crippen LogP contribution in [0.15, 0.2) is 54.7 Å². The largest absolute Gasteiger partial charge is 0.465 e. The number of aromatic nitrogens is 1. The summed E-state index contributed by atoms with van der Waals surface area (Å²) >= 11 is 0. The molecule has 2 bridgehead atoms. The van der Waals surface area contributed by atoms with Gasteiger partial charge in [-0.15, -0.1) is 0 Å². The summed E-state index contributed by atoms with van der Waals surface area (Å²) in [5.41, 5.74) is 3.28. The van der Waals surface area contributed by atoms with Crippen molar-refractivity contribution in [2.45, 2.75) is 45.6 Å². The monoisotopic (exact) mass is 560 g/mol. The highest BCUT2D eigenvalue weighted by Crippen LogP contribution is 2.37. The number of anilines is 2. The van der Waals surface area contributed by atoms with Crippen molar-refractivity contribution in [2.24, 2.45) is 5.92 Å². The van der Waals surface area contributed by atoms with Crippen molar-refractivity contribution < 1.29 is 28.3 Å². The van der Waals surface area contributed by atoms with Gasteiger partial charge in [-0.2, -0.15) is 0 Å². The minimum absolute atomic E-state index is 0.162. The van der Waals surface area contributed by atoms with Crippen LogP contribution in [0.4, 0.5) is 25.0 Å². The van der Waals surface area contributed by atoms with E-state index < -0.39 is 23.8 Å². The van der Waals surface area contributed by atoms with E-state index in [4.69, 9.17) is 5.11 Å². The fraction of sp³-hybridized carbons (Fsp3) is 0.290. The molecule has 3 heterocycles. The molecule has 0 unspecified atom stereocenters. The number of aryl methyl sites for hydroxylation is 1. The number of carbonyl (C=O) groups excluding carboxylic acids is 2. The van der Waals surface area contributed by atoms with Crippen molar-refractivity contribution in [3.63, 3.8) is 0 Å². The number of amides is 3. The molecule has 3 amide bonds. The van der Waals surface area contributed by atoms with Crippen molar-refractivity contribution in [3.05, 3.63) is 83.2 Å². The van der Waals surface area contributed by atoms with Gasteiger partial charge in [-0.3, -0.25) is 19.9 Å². The highest BCUT2D eigenvalue weighted by atomic mass is 19.1. The fourth-order valence-electron chi connectivity index (χ4n) is 5.48. The molecule has 2 aliphatic rings. The maximum Gasteiger partial charge on any atom is 0.409 e. The lowest BCUT2D eigenvalue weighted by Crippen LogP contribution is -2.38. The van der Waals surface area contributed by atoms with Crippen molar-refractivity contribution >= 4 is 34.9 Å². The van der Waals surface area contributed by atoms with Crippen LogP contribution >= 0.6 is 0 Å². The van der Waals surface area contributed by atoms with Crippen LogP contribution in [0.5, 0.6) is 0 Å². The Labute approximate surface area is 236 Å². The van der Waals surface area contributed by atoms with E-state index in [0.717, 1.165) is 5.56 Å². The smallest absolute Gasteiger partial charge is 0.409 e. The Bertz CT molecular complexity index is 1570. The number of carbonyl (C=O) groups is 3. The van der Waals surface area contributed by atoms with E-state index in [9.17, 15) is 23.2 Å². The topological polar surface area (TPSA) is 112 Å². The quantitative estimate of drug-likeness (QED) is 0.337. The Morgan fingerprint density at radius 1 is 1.12 bits per heavy atom. The third kappa shape index (κ3) is 5.82. The molecule has 3 N–H and O–H groups in total. The van der Waals surface area contributed by atoms with Crippen LogP contribution in [-0.2, 0) is 9.59 Å². The average Bonchev–Trinajstić information content (AvgIpc) is 2.93. The molecule has 0 saturated carbocycles. The summed E-state index contributed by atoms with van der Waals surface area (Å²) in [6.07, 6.45) is 3.72. The van der Waals surface area contributed by atoms with E-state index in [1.54, 1.807) is 42.3 Å². The predicted molar refractivity (Wildman–Crippen MR) is 151 cm³/mol. The van der Waals surface area contributed by atoms with Crippen LogP contribution in [0.2, 0.25) is 0 Å². The van der Waals surface area contributed by atoms with Gasteiger partial charge in [-0.1, -0.05) is 25.5 Å². The Morgan fingerprint density at radius 3 is 2.68 bits per heavy atom. The van der Waals surface area contributed by atoms with E-state index in [1.165, 1.54) is 18.2 Å². The molecule has 2 aliphatic heterocycles. The van der Waals surface area contributed by atoms with E-state index in [2.05, 4.69) is 15.6 Å². The number of hydrogen-bond donors (Lipinski definition) is 3. The van der Waals surface area contributed by atoms with Gasteiger partial charge in [0.15, 0.2) is 0 Å². The Morgan fingerprint density at radius 2 is 1.93 bits per heavy atom. The molecule has 0 saturated heterocycles. The van der Waals surface area contributed by atoms with Crippen LogP contribution in [-0.4, -0.2) is 39.4 Å². The van der Waals surface area contributed by atoms with Gasteiger partial charge in [-0.05, 0) is 73.2 Å². The average molecular weight is 561 g/mol. The molecule has 10 heteroatoms. The van der Waals surface area contributed by atoms with Crippen molar-refractivity contribution in [1.82, 2.24) is 9.88 Å². The van der Waals surface area contributed by atoms with Crippen LogP contribution in [0.3, 0.4) is 0 Å². The summed E-state index contributed by atoms with van der Waals surface area (Å²) < 4.78 is 29.4. The molecular formula is C31H30F2N4O4. The second-order valence-corrected chi connectivity index (χ2v) is 10.5. The fourth-order valence-corrected chi connectivity index (χ4v) is 5.48. The van der Waals surface area contributed by atoms with E-state index >= 15 is 0 Å². The first-order valence-corrected chi connectivity index (χ1v) is 13.5. The molecule has 212 valence electrons. The summed E-state index contributed by atoms with van der Waals surface area (Å²) in [6.45, 7) is 3.63. The maximum absolute atomic E-state index is 14.8. The maximum atomic E-state index is 14.8. The molecule has 5 rings (SSSR count). The number of halogens is 2. The zero-order valence-corrected chi connectivity index (χ0v) is 22.7. The molecule has 0 radical (unpaired) electrons. The molecule has 8 nitrogen and oxygen atoms in total. The number of fused-ring (bicyclic) bond motifs is 4. The molecule has 0 aliphatic carbocycles. The third-order valence-electron chi connectivity index (χ3n) is 7.71. The molecule has 1 aromatic heterocycles.